The molecule has 1 aliphatic rings. The van der Waals surface area contributed by atoms with Gasteiger partial charge in [0.15, 0.2) is 11.6 Å². The van der Waals surface area contributed by atoms with Gasteiger partial charge in [-0.2, -0.15) is 0 Å². The van der Waals surface area contributed by atoms with Crippen molar-refractivity contribution in [3.05, 3.63) is 65.7 Å². The summed E-state index contributed by atoms with van der Waals surface area (Å²) >= 11 is 0. The highest BCUT2D eigenvalue weighted by Crippen LogP contribution is 2.26. The van der Waals surface area contributed by atoms with Gasteiger partial charge in [0.25, 0.3) is 0 Å². The highest BCUT2D eigenvalue weighted by atomic mass is 15.2. The standard InChI is InChI=1S/C19H15N5/c1-2-14-5-3-6-15-13-24(10-7-17(14)15)16-11-22-19(23-12-16)18-20-8-4-9-21-18/h1,3-6,8-9,11-12H,7,10,13H2. The van der Waals surface area contributed by atoms with Crippen LogP contribution in [-0.2, 0) is 13.0 Å². The Morgan fingerprint density at radius 1 is 0.958 bits per heavy atom. The summed E-state index contributed by atoms with van der Waals surface area (Å²) in [6.45, 7) is 1.71. The Bertz CT molecular complexity index is 897. The van der Waals surface area contributed by atoms with Gasteiger partial charge in [-0.25, -0.2) is 19.9 Å². The van der Waals surface area contributed by atoms with E-state index in [1.165, 1.54) is 11.1 Å². The first-order valence-electron chi connectivity index (χ1n) is 7.77. The minimum atomic E-state index is 0.534. The number of nitrogens with zero attached hydrogens (tertiary/aromatic N) is 5. The van der Waals surface area contributed by atoms with Gasteiger partial charge in [-0.1, -0.05) is 18.1 Å². The van der Waals surface area contributed by atoms with Gasteiger partial charge in [-0.3, -0.25) is 0 Å². The van der Waals surface area contributed by atoms with Gasteiger partial charge in [-0.05, 0) is 29.7 Å². The fraction of sp³-hybridized carbons (Fsp3) is 0.158. The van der Waals surface area contributed by atoms with Gasteiger partial charge in [0.1, 0.15) is 0 Å². The molecule has 3 aromatic rings. The average Bonchev–Trinajstić information content (AvgIpc) is 2.68. The number of aromatic nitrogens is 4. The van der Waals surface area contributed by atoms with Crippen LogP contribution in [0.4, 0.5) is 5.69 Å². The molecule has 3 heterocycles. The van der Waals surface area contributed by atoms with Crippen LogP contribution >= 0.6 is 0 Å². The molecule has 0 saturated carbocycles. The first-order chi connectivity index (χ1) is 11.8. The van der Waals surface area contributed by atoms with Crippen molar-refractivity contribution in [2.45, 2.75) is 13.0 Å². The van der Waals surface area contributed by atoms with E-state index in [4.69, 9.17) is 6.42 Å². The smallest absolute Gasteiger partial charge is 0.197 e. The molecule has 0 aliphatic carbocycles. The zero-order chi connectivity index (χ0) is 16.4. The number of fused-ring (bicyclic) bond motifs is 1. The summed E-state index contributed by atoms with van der Waals surface area (Å²) in [4.78, 5) is 19.4. The summed E-state index contributed by atoms with van der Waals surface area (Å²) in [6.07, 6.45) is 13.6. The topological polar surface area (TPSA) is 54.8 Å². The van der Waals surface area contributed by atoms with Gasteiger partial charge in [0.05, 0.1) is 18.1 Å². The summed E-state index contributed by atoms with van der Waals surface area (Å²) in [6, 6.07) is 7.93. The lowest BCUT2D eigenvalue weighted by atomic mass is 9.95. The first-order valence-corrected chi connectivity index (χ1v) is 7.77. The van der Waals surface area contributed by atoms with Gasteiger partial charge in [-0.15, -0.1) is 6.42 Å². The highest BCUT2D eigenvalue weighted by Gasteiger charge is 2.19. The third-order valence-corrected chi connectivity index (χ3v) is 4.19. The molecule has 0 spiro atoms. The molecule has 0 fully saturated rings. The van der Waals surface area contributed by atoms with E-state index in [1.807, 2.05) is 24.5 Å². The van der Waals surface area contributed by atoms with E-state index in [-0.39, 0.29) is 0 Å². The van der Waals surface area contributed by atoms with Gasteiger partial charge >= 0.3 is 0 Å². The van der Waals surface area contributed by atoms with E-state index in [0.717, 1.165) is 30.8 Å². The summed E-state index contributed by atoms with van der Waals surface area (Å²) in [7, 11) is 0. The molecule has 0 N–H and O–H groups in total. The Labute approximate surface area is 140 Å². The molecule has 1 aliphatic heterocycles. The van der Waals surface area contributed by atoms with Gasteiger partial charge in [0, 0.05) is 31.0 Å². The predicted octanol–water partition coefficient (Wildman–Crippen LogP) is 2.48. The Balaban J connectivity index is 1.58. The molecule has 0 saturated heterocycles. The number of terminal acetylenes is 1. The average molecular weight is 313 g/mol. The molecule has 4 rings (SSSR count). The number of rotatable bonds is 2. The molecule has 24 heavy (non-hydrogen) atoms. The van der Waals surface area contributed by atoms with Crippen LogP contribution in [0.15, 0.2) is 49.1 Å². The van der Waals surface area contributed by atoms with E-state index < -0.39 is 0 Å². The van der Waals surface area contributed by atoms with Crippen molar-refractivity contribution in [2.75, 3.05) is 11.4 Å². The van der Waals surface area contributed by atoms with Crippen LogP contribution in [-0.4, -0.2) is 26.5 Å². The van der Waals surface area contributed by atoms with E-state index in [2.05, 4.69) is 36.8 Å². The molecule has 0 bridgehead atoms. The Morgan fingerprint density at radius 2 is 1.71 bits per heavy atom. The van der Waals surface area contributed by atoms with Crippen molar-refractivity contribution in [3.8, 4) is 24.0 Å². The molecule has 5 nitrogen and oxygen atoms in total. The van der Waals surface area contributed by atoms with Crippen molar-refractivity contribution in [3.63, 3.8) is 0 Å². The first kappa shape index (κ1) is 14.3. The fourth-order valence-corrected chi connectivity index (χ4v) is 2.98. The zero-order valence-electron chi connectivity index (χ0n) is 13.1. The number of hydrogen-bond donors (Lipinski definition) is 0. The van der Waals surface area contributed by atoms with Crippen molar-refractivity contribution < 1.29 is 0 Å². The van der Waals surface area contributed by atoms with E-state index >= 15 is 0 Å². The van der Waals surface area contributed by atoms with Crippen LogP contribution in [0.1, 0.15) is 16.7 Å². The minimum absolute atomic E-state index is 0.534. The molecule has 116 valence electrons. The lowest BCUT2D eigenvalue weighted by molar-refractivity contribution is 0.726. The largest absolute Gasteiger partial charge is 0.364 e. The van der Waals surface area contributed by atoms with Gasteiger partial charge < -0.3 is 4.90 Å². The predicted molar refractivity (Wildman–Crippen MR) is 92.2 cm³/mol. The molecule has 5 heteroatoms. The van der Waals surface area contributed by atoms with Crippen LogP contribution < -0.4 is 4.90 Å². The van der Waals surface area contributed by atoms with Crippen LogP contribution in [0.3, 0.4) is 0 Å². The third-order valence-electron chi connectivity index (χ3n) is 4.19. The highest BCUT2D eigenvalue weighted by molar-refractivity contribution is 5.53. The molecule has 2 aromatic heterocycles. The lowest BCUT2D eigenvalue weighted by Gasteiger charge is -2.30. The van der Waals surface area contributed by atoms with Crippen LogP contribution in [0.25, 0.3) is 11.6 Å². The molecular weight excluding hydrogens is 298 g/mol. The van der Waals surface area contributed by atoms with E-state index in [9.17, 15) is 0 Å². The maximum absolute atomic E-state index is 5.60. The lowest BCUT2D eigenvalue weighted by Crippen LogP contribution is -2.31. The molecule has 0 atom stereocenters. The van der Waals surface area contributed by atoms with Crippen LogP contribution in [0.2, 0.25) is 0 Å². The third kappa shape index (κ3) is 2.59. The summed E-state index contributed by atoms with van der Waals surface area (Å²) in [5.41, 5.74) is 4.55. The maximum atomic E-state index is 5.60. The minimum Gasteiger partial charge on any atom is -0.364 e. The second kappa shape index (κ2) is 6.09. The SMILES string of the molecule is C#Cc1cccc2c1CCN(c1cnc(-c3ncccn3)nc1)C2. The monoisotopic (exact) mass is 313 g/mol. The number of benzene rings is 1. The number of hydrogen-bond acceptors (Lipinski definition) is 5. The van der Waals surface area contributed by atoms with Crippen LogP contribution in [0, 0.1) is 12.3 Å². The number of anilines is 1. The quantitative estimate of drug-likeness (QED) is 0.680. The Hall–Kier alpha value is -3.26. The van der Waals surface area contributed by atoms with Crippen LogP contribution in [0.5, 0.6) is 0 Å². The molecule has 0 unspecified atom stereocenters. The molecule has 0 radical (unpaired) electrons. The van der Waals surface area contributed by atoms with Gasteiger partial charge in [0.2, 0.25) is 0 Å². The Kier molecular flexibility index (Phi) is 3.64. The summed E-state index contributed by atoms with van der Waals surface area (Å²) in [5.74, 6) is 3.85. The Morgan fingerprint density at radius 3 is 2.46 bits per heavy atom. The van der Waals surface area contributed by atoms with Crippen molar-refractivity contribution in [1.82, 2.24) is 19.9 Å². The fourth-order valence-electron chi connectivity index (χ4n) is 2.98. The van der Waals surface area contributed by atoms with Crippen molar-refractivity contribution in [2.24, 2.45) is 0 Å². The van der Waals surface area contributed by atoms with E-state index in [1.54, 1.807) is 18.5 Å². The zero-order valence-corrected chi connectivity index (χ0v) is 13.1. The van der Waals surface area contributed by atoms with Crippen molar-refractivity contribution in [1.29, 1.82) is 0 Å². The van der Waals surface area contributed by atoms with E-state index in [0.29, 0.717) is 11.6 Å². The summed E-state index contributed by atoms with van der Waals surface area (Å²) < 4.78 is 0. The second-order valence-corrected chi connectivity index (χ2v) is 5.60. The molecular formula is C19H15N5. The molecule has 1 aromatic carbocycles. The van der Waals surface area contributed by atoms with Crippen molar-refractivity contribution >= 4 is 5.69 Å². The summed E-state index contributed by atoms with van der Waals surface area (Å²) in [5, 5.41) is 0. The molecule has 0 amide bonds. The second-order valence-electron chi connectivity index (χ2n) is 5.60. The normalized spacial score (nSPS) is 13.2. The maximum Gasteiger partial charge on any atom is 0.197 e.